The lowest BCUT2D eigenvalue weighted by molar-refractivity contribution is 0.252. The fraction of sp³-hybridized carbons (Fsp3) is 0.235. The van der Waals surface area contributed by atoms with Crippen molar-refractivity contribution in [3.05, 3.63) is 65.2 Å². The lowest BCUT2D eigenvalue weighted by atomic mass is 10.1. The van der Waals surface area contributed by atoms with Gasteiger partial charge in [-0.1, -0.05) is 41.9 Å². The quantitative estimate of drug-likeness (QED) is 0.818. The highest BCUT2D eigenvalue weighted by Crippen LogP contribution is 2.17. The van der Waals surface area contributed by atoms with E-state index in [0.717, 1.165) is 0 Å². The average molecular weight is 365 g/mol. The van der Waals surface area contributed by atoms with Crippen molar-refractivity contribution in [1.29, 1.82) is 5.26 Å². The molecule has 24 heavy (non-hydrogen) atoms. The number of benzene rings is 2. The molecule has 0 amide bonds. The molecule has 0 saturated heterocycles. The summed E-state index contributed by atoms with van der Waals surface area (Å²) in [5.74, 6) is 0.301. The molecule has 0 saturated carbocycles. The molecule has 0 aliphatic heterocycles. The lowest BCUT2D eigenvalue weighted by Crippen LogP contribution is -2.49. The van der Waals surface area contributed by atoms with Crippen LogP contribution in [0, 0.1) is 11.3 Å². The van der Waals surface area contributed by atoms with Crippen molar-refractivity contribution >= 4 is 21.6 Å². The summed E-state index contributed by atoms with van der Waals surface area (Å²) in [7, 11) is -3.69. The van der Waals surface area contributed by atoms with E-state index in [1.807, 2.05) is 12.1 Å². The van der Waals surface area contributed by atoms with Gasteiger partial charge < -0.3 is 4.74 Å². The molecule has 1 unspecified atom stereocenters. The van der Waals surface area contributed by atoms with Crippen LogP contribution in [0.5, 0.6) is 5.75 Å². The standard InChI is InChI=1S/C17H17ClN2O3S/c1-17(12-19,13-23-16-9-7-15(18)8-10-16)20-24(21,22)11-14-5-3-2-4-6-14/h2-10,20H,11,13H2,1H3. The molecule has 0 spiro atoms. The number of hydrogen-bond donors (Lipinski definition) is 1. The number of hydrogen-bond acceptors (Lipinski definition) is 4. The highest BCUT2D eigenvalue weighted by Gasteiger charge is 2.31. The van der Waals surface area contributed by atoms with E-state index < -0.39 is 15.6 Å². The van der Waals surface area contributed by atoms with Crippen molar-refractivity contribution in [3.8, 4) is 11.8 Å². The fourth-order valence-corrected chi connectivity index (χ4v) is 3.64. The summed E-state index contributed by atoms with van der Waals surface area (Å²) in [6, 6.07) is 17.3. The van der Waals surface area contributed by atoms with Gasteiger partial charge >= 0.3 is 0 Å². The Kier molecular flexibility index (Phi) is 5.84. The summed E-state index contributed by atoms with van der Waals surface area (Å²) >= 11 is 5.79. The molecule has 0 bridgehead atoms. The lowest BCUT2D eigenvalue weighted by Gasteiger charge is -2.23. The summed E-state index contributed by atoms with van der Waals surface area (Å²) in [5, 5.41) is 9.92. The Bertz CT molecular complexity index is 817. The molecule has 0 radical (unpaired) electrons. The van der Waals surface area contributed by atoms with E-state index in [2.05, 4.69) is 4.72 Å². The Morgan fingerprint density at radius 2 is 1.79 bits per heavy atom. The molecule has 2 aromatic carbocycles. The van der Waals surface area contributed by atoms with Gasteiger partial charge in [0.2, 0.25) is 10.0 Å². The Morgan fingerprint density at radius 1 is 1.17 bits per heavy atom. The number of nitriles is 1. The minimum Gasteiger partial charge on any atom is -0.491 e. The number of sulfonamides is 1. The average Bonchev–Trinajstić information content (AvgIpc) is 2.54. The van der Waals surface area contributed by atoms with Crippen molar-refractivity contribution in [1.82, 2.24) is 4.72 Å². The van der Waals surface area contributed by atoms with E-state index in [1.54, 1.807) is 48.5 Å². The van der Waals surface area contributed by atoms with Gasteiger partial charge in [0.05, 0.1) is 11.8 Å². The molecule has 5 nitrogen and oxygen atoms in total. The first kappa shape index (κ1) is 18.3. The zero-order chi connectivity index (χ0) is 17.6. The number of halogens is 1. The van der Waals surface area contributed by atoms with Crippen LogP contribution in [0.2, 0.25) is 5.02 Å². The van der Waals surface area contributed by atoms with E-state index in [0.29, 0.717) is 16.3 Å². The van der Waals surface area contributed by atoms with Crippen LogP contribution in [0.4, 0.5) is 0 Å². The van der Waals surface area contributed by atoms with E-state index in [4.69, 9.17) is 16.3 Å². The molecule has 0 heterocycles. The van der Waals surface area contributed by atoms with Crippen LogP contribution in [0.25, 0.3) is 0 Å². The Balaban J connectivity index is 2.03. The number of nitrogens with zero attached hydrogens (tertiary/aromatic N) is 1. The van der Waals surface area contributed by atoms with Crippen LogP contribution in [0.15, 0.2) is 54.6 Å². The molecule has 1 atom stereocenters. The van der Waals surface area contributed by atoms with Gasteiger partial charge in [0.25, 0.3) is 0 Å². The first-order valence-electron chi connectivity index (χ1n) is 7.17. The van der Waals surface area contributed by atoms with E-state index >= 15 is 0 Å². The van der Waals surface area contributed by atoms with Gasteiger partial charge in [0.15, 0.2) is 5.54 Å². The Morgan fingerprint density at radius 3 is 2.38 bits per heavy atom. The topological polar surface area (TPSA) is 79.2 Å². The first-order valence-corrected chi connectivity index (χ1v) is 9.20. The summed E-state index contributed by atoms with van der Waals surface area (Å²) in [4.78, 5) is 0. The molecule has 0 fully saturated rings. The van der Waals surface area contributed by atoms with E-state index in [-0.39, 0.29) is 12.4 Å². The van der Waals surface area contributed by atoms with Gasteiger partial charge in [-0.05, 0) is 36.8 Å². The fourth-order valence-electron chi connectivity index (χ4n) is 2.02. The van der Waals surface area contributed by atoms with Crippen LogP contribution in [0.1, 0.15) is 12.5 Å². The van der Waals surface area contributed by atoms with E-state index in [9.17, 15) is 13.7 Å². The third-order valence-corrected chi connectivity index (χ3v) is 4.90. The molecule has 126 valence electrons. The van der Waals surface area contributed by atoms with Crippen molar-refractivity contribution in [2.75, 3.05) is 6.61 Å². The largest absolute Gasteiger partial charge is 0.491 e. The van der Waals surface area contributed by atoms with Crippen molar-refractivity contribution in [3.63, 3.8) is 0 Å². The van der Waals surface area contributed by atoms with E-state index in [1.165, 1.54) is 6.92 Å². The maximum absolute atomic E-state index is 12.3. The maximum atomic E-state index is 12.3. The van der Waals surface area contributed by atoms with Crippen molar-refractivity contribution in [2.45, 2.75) is 18.2 Å². The minimum atomic E-state index is -3.69. The third kappa shape index (κ3) is 5.53. The monoisotopic (exact) mass is 364 g/mol. The summed E-state index contributed by atoms with van der Waals surface area (Å²) in [6.45, 7) is 1.35. The Labute approximate surface area is 146 Å². The molecular formula is C17H17ClN2O3S. The predicted molar refractivity (Wildman–Crippen MR) is 93.2 cm³/mol. The molecule has 2 rings (SSSR count). The number of nitrogens with one attached hydrogen (secondary N) is 1. The number of rotatable bonds is 7. The molecule has 0 aliphatic carbocycles. The molecule has 0 aliphatic rings. The summed E-state index contributed by atoms with van der Waals surface area (Å²) in [6.07, 6.45) is 0. The van der Waals surface area contributed by atoms with Gasteiger partial charge in [-0.15, -0.1) is 0 Å². The molecule has 0 aromatic heterocycles. The highest BCUT2D eigenvalue weighted by atomic mass is 35.5. The van der Waals surface area contributed by atoms with Crippen molar-refractivity contribution < 1.29 is 13.2 Å². The maximum Gasteiger partial charge on any atom is 0.217 e. The zero-order valence-corrected chi connectivity index (χ0v) is 14.6. The van der Waals surface area contributed by atoms with Crippen LogP contribution < -0.4 is 9.46 Å². The van der Waals surface area contributed by atoms with Crippen LogP contribution in [-0.4, -0.2) is 20.6 Å². The van der Waals surface area contributed by atoms with Gasteiger partial charge in [0, 0.05) is 5.02 Å². The predicted octanol–water partition coefficient (Wildman–Crippen LogP) is 3.12. The molecule has 1 N–H and O–H groups in total. The second-order valence-electron chi connectivity index (χ2n) is 5.53. The normalized spacial score (nSPS) is 13.7. The smallest absolute Gasteiger partial charge is 0.217 e. The minimum absolute atomic E-state index is 0.126. The zero-order valence-electron chi connectivity index (χ0n) is 13.1. The molecule has 2 aromatic rings. The van der Waals surface area contributed by atoms with Gasteiger partial charge in [0.1, 0.15) is 12.4 Å². The highest BCUT2D eigenvalue weighted by molar-refractivity contribution is 7.88. The van der Waals surface area contributed by atoms with Gasteiger partial charge in [-0.25, -0.2) is 8.42 Å². The SMILES string of the molecule is CC(C#N)(COc1ccc(Cl)cc1)NS(=O)(=O)Cc1ccccc1. The van der Waals surface area contributed by atoms with Crippen LogP contribution in [0.3, 0.4) is 0 Å². The van der Waals surface area contributed by atoms with Gasteiger partial charge in [-0.2, -0.15) is 9.98 Å². The van der Waals surface area contributed by atoms with Crippen LogP contribution in [-0.2, 0) is 15.8 Å². The second-order valence-corrected chi connectivity index (χ2v) is 7.69. The summed E-state index contributed by atoms with van der Waals surface area (Å²) in [5.41, 5.74) is -0.739. The van der Waals surface area contributed by atoms with Gasteiger partial charge in [-0.3, -0.25) is 0 Å². The second kappa shape index (κ2) is 7.67. The molecular weight excluding hydrogens is 348 g/mol. The number of ether oxygens (including phenoxy) is 1. The molecule has 7 heteroatoms. The van der Waals surface area contributed by atoms with Crippen LogP contribution >= 0.6 is 11.6 Å². The summed E-state index contributed by atoms with van der Waals surface area (Å²) < 4.78 is 32.5. The first-order chi connectivity index (χ1) is 11.3. The Hall–Kier alpha value is -2.07. The van der Waals surface area contributed by atoms with Crippen molar-refractivity contribution in [2.24, 2.45) is 0 Å². The third-order valence-electron chi connectivity index (χ3n) is 3.17.